The third-order valence-electron chi connectivity index (χ3n) is 3.25. The van der Waals surface area contributed by atoms with Crippen LogP contribution in [0.2, 0.25) is 0 Å². The lowest BCUT2D eigenvalue weighted by Gasteiger charge is -2.02. The zero-order valence-electron chi connectivity index (χ0n) is 13.7. The standard InChI is InChI=1S/C18H22N2O4/c1-24-18(22)13-3-2-8-14-19-17(21)12-7-5-10-15-9-4-6-11-16(15)20-23/h4-7,9-12H,2-3,8,13-14H2,1H3,(H,19,21)/b10-5+,12-7+. The topological polar surface area (TPSA) is 84.8 Å². The van der Waals surface area contributed by atoms with Gasteiger partial charge in [-0.05, 0) is 24.1 Å². The second-order valence-electron chi connectivity index (χ2n) is 5.05. The summed E-state index contributed by atoms with van der Waals surface area (Å²) in [6.45, 7) is 0.561. The Labute approximate surface area is 141 Å². The number of nitrogens with zero attached hydrogens (tertiary/aromatic N) is 1. The predicted octanol–water partition coefficient (Wildman–Crippen LogP) is 3.50. The van der Waals surface area contributed by atoms with Crippen LogP contribution in [0.3, 0.4) is 0 Å². The van der Waals surface area contributed by atoms with Gasteiger partial charge in [0.1, 0.15) is 5.69 Å². The van der Waals surface area contributed by atoms with Gasteiger partial charge in [-0.1, -0.05) is 42.8 Å². The molecule has 1 aromatic rings. The van der Waals surface area contributed by atoms with Crippen molar-refractivity contribution in [3.05, 3.63) is 53.0 Å². The van der Waals surface area contributed by atoms with E-state index in [-0.39, 0.29) is 11.9 Å². The van der Waals surface area contributed by atoms with Crippen LogP contribution in [0.4, 0.5) is 5.69 Å². The first-order valence-corrected chi connectivity index (χ1v) is 7.79. The van der Waals surface area contributed by atoms with Crippen molar-refractivity contribution in [1.82, 2.24) is 5.32 Å². The number of hydrogen-bond acceptors (Lipinski definition) is 5. The maximum Gasteiger partial charge on any atom is 0.305 e. The first-order valence-electron chi connectivity index (χ1n) is 7.79. The lowest BCUT2D eigenvalue weighted by atomic mass is 10.1. The van der Waals surface area contributed by atoms with Crippen LogP contribution >= 0.6 is 0 Å². The lowest BCUT2D eigenvalue weighted by Crippen LogP contribution is -2.22. The Bertz CT molecular complexity index is 609. The summed E-state index contributed by atoms with van der Waals surface area (Å²) in [6.07, 6.45) is 9.25. The summed E-state index contributed by atoms with van der Waals surface area (Å²) in [4.78, 5) is 33.1. The van der Waals surface area contributed by atoms with Crippen molar-refractivity contribution < 1.29 is 14.3 Å². The summed E-state index contributed by atoms with van der Waals surface area (Å²) >= 11 is 0. The Balaban J connectivity index is 2.23. The Hall–Kier alpha value is -2.76. The van der Waals surface area contributed by atoms with Gasteiger partial charge in [0, 0.05) is 24.6 Å². The number of rotatable bonds is 10. The van der Waals surface area contributed by atoms with Crippen molar-refractivity contribution in [1.29, 1.82) is 0 Å². The number of carbonyl (C=O) groups is 2. The average Bonchev–Trinajstić information content (AvgIpc) is 2.61. The monoisotopic (exact) mass is 330 g/mol. The fraction of sp³-hybridized carbons (Fsp3) is 0.333. The van der Waals surface area contributed by atoms with E-state index >= 15 is 0 Å². The SMILES string of the molecule is COC(=O)CCCCCNC(=O)/C=C/C=C/c1ccccc1N=O. The molecule has 0 atom stereocenters. The van der Waals surface area contributed by atoms with Crippen molar-refractivity contribution >= 4 is 23.6 Å². The molecule has 6 heteroatoms. The number of amides is 1. The molecule has 0 fully saturated rings. The van der Waals surface area contributed by atoms with Crippen LogP contribution in [-0.2, 0) is 14.3 Å². The van der Waals surface area contributed by atoms with Crippen LogP contribution in [-0.4, -0.2) is 25.5 Å². The number of hydrogen-bond donors (Lipinski definition) is 1. The minimum atomic E-state index is -0.208. The molecular weight excluding hydrogens is 308 g/mol. The molecule has 0 aromatic heterocycles. The van der Waals surface area contributed by atoms with Crippen LogP contribution in [0, 0.1) is 4.91 Å². The molecule has 0 aliphatic carbocycles. The Morgan fingerprint density at radius 2 is 1.96 bits per heavy atom. The van der Waals surface area contributed by atoms with E-state index in [0.717, 1.165) is 19.3 Å². The molecule has 1 amide bonds. The van der Waals surface area contributed by atoms with E-state index in [9.17, 15) is 14.5 Å². The molecule has 128 valence electrons. The number of nitrogens with one attached hydrogen (secondary N) is 1. The van der Waals surface area contributed by atoms with E-state index in [4.69, 9.17) is 0 Å². The van der Waals surface area contributed by atoms with Gasteiger partial charge in [0.25, 0.3) is 0 Å². The quantitative estimate of drug-likeness (QED) is 0.234. The third kappa shape index (κ3) is 8.03. The molecule has 6 nitrogen and oxygen atoms in total. The molecule has 24 heavy (non-hydrogen) atoms. The number of ether oxygens (including phenoxy) is 1. The highest BCUT2D eigenvalue weighted by Crippen LogP contribution is 2.19. The molecule has 1 rings (SSSR count). The molecule has 0 spiro atoms. The summed E-state index contributed by atoms with van der Waals surface area (Å²) < 4.78 is 4.55. The highest BCUT2D eigenvalue weighted by atomic mass is 16.5. The molecule has 0 aliphatic rings. The van der Waals surface area contributed by atoms with E-state index in [1.807, 2.05) is 6.07 Å². The summed E-state index contributed by atoms with van der Waals surface area (Å²) in [7, 11) is 1.37. The number of carbonyl (C=O) groups excluding carboxylic acids is 2. The number of benzene rings is 1. The zero-order valence-corrected chi connectivity index (χ0v) is 13.7. The van der Waals surface area contributed by atoms with E-state index < -0.39 is 0 Å². The molecule has 0 radical (unpaired) electrons. The average molecular weight is 330 g/mol. The first-order chi connectivity index (χ1) is 11.7. The van der Waals surface area contributed by atoms with E-state index in [0.29, 0.717) is 24.2 Å². The van der Waals surface area contributed by atoms with Crippen LogP contribution in [0.1, 0.15) is 31.2 Å². The molecule has 0 heterocycles. The van der Waals surface area contributed by atoms with Crippen LogP contribution in [0.25, 0.3) is 6.08 Å². The van der Waals surface area contributed by atoms with E-state index in [2.05, 4.69) is 15.2 Å². The number of methoxy groups -OCH3 is 1. The Morgan fingerprint density at radius 1 is 1.17 bits per heavy atom. The van der Waals surface area contributed by atoms with Crippen LogP contribution < -0.4 is 5.32 Å². The number of esters is 1. The largest absolute Gasteiger partial charge is 0.469 e. The number of allylic oxidation sites excluding steroid dienone is 2. The molecule has 0 bridgehead atoms. The molecule has 0 saturated heterocycles. The number of unbranched alkanes of at least 4 members (excludes halogenated alkanes) is 2. The smallest absolute Gasteiger partial charge is 0.305 e. The minimum absolute atomic E-state index is 0.186. The minimum Gasteiger partial charge on any atom is -0.469 e. The van der Waals surface area contributed by atoms with Crippen molar-refractivity contribution in [3.63, 3.8) is 0 Å². The Kier molecular flexibility index (Phi) is 9.45. The van der Waals surface area contributed by atoms with Crippen molar-refractivity contribution in [2.45, 2.75) is 25.7 Å². The second-order valence-corrected chi connectivity index (χ2v) is 5.05. The van der Waals surface area contributed by atoms with Crippen LogP contribution in [0.5, 0.6) is 0 Å². The van der Waals surface area contributed by atoms with Crippen LogP contribution in [0.15, 0.2) is 47.7 Å². The fourth-order valence-corrected chi connectivity index (χ4v) is 1.96. The second kappa shape index (κ2) is 11.8. The van der Waals surface area contributed by atoms with Gasteiger partial charge < -0.3 is 10.1 Å². The summed E-state index contributed by atoms with van der Waals surface area (Å²) in [5, 5.41) is 5.69. The molecule has 0 unspecified atom stereocenters. The molecule has 0 aliphatic heterocycles. The van der Waals surface area contributed by atoms with E-state index in [1.54, 1.807) is 36.4 Å². The van der Waals surface area contributed by atoms with Gasteiger partial charge in [0.15, 0.2) is 0 Å². The Morgan fingerprint density at radius 3 is 2.71 bits per heavy atom. The van der Waals surface area contributed by atoms with Gasteiger partial charge in [0.2, 0.25) is 5.91 Å². The fourth-order valence-electron chi connectivity index (χ4n) is 1.96. The molecule has 1 N–H and O–H groups in total. The highest BCUT2D eigenvalue weighted by Gasteiger charge is 1.99. The lowest BCUT2D eigenvalue weighted by molar-refractivity contribution is -0.140. The van der Waals surface area contributed by atoms with E-state index in [1.165, 1.54) is 13.2 Å². The highest BCUT2D eigenvalue weighted by molar-refractivity contribution is 5.87. The predicted molar refractivity (Wildman–Crippen MR) is 93.6 cm³/mol. The third-order valence-corrected chi connectivity index (χ3v) is 3.25. The molecule has 0 saturated carbocycles. The van der Waals surface area contributed by atoms with Gasteiger partial charge in [-0.25, -0.2) is 0 Å². The summed E-state index contributed by atoms with van der Waals surface area (Å²) in [5.41, 5.74) is 1.06. The van der Waals surface area contributed by atoms with Crippen molar-refractivity contribution in [2.75, 3.05) is 13.7 Å². The maximum atomic E-state index is 11.6. The molecular formula is C18H22N2O4. The zero-order chi connectivity index (χ0) is 17.6. The maximum absolute atomic E-state index is 11.6. The number of nitroso groups, excluding NO2 is 1. The van der Waals surface area contributed by atoms with Crippen molar-refractivity contribution in [2.24, 2.45) is 5.18 Å². The van der Waals surface area contributed by atoms with Crippen molar-refractivity contribution in [3.8, 4) is 0 Å². The normalized spacial score (nSPS) is 10.9. The summed E-state index contributed by atoms with van der Waals surface area (Å²) in [5.74, 6) is -0.394. The summed E-state index contributed by atoms with van der Waals surface area (Å²) in [6, 6.07) is 6.95. The molecule has 1 aromatic carbocycles. The van der Waals surface area contributed by atoms with Gasteiger partial charge in [-0.15, -0.1) is 4.91 Å². The van der Waals surface area contributed by atoms with Gasteiger partial charge >= 0.3 is 5.97 Å². The van der Waals surface area contributed by atoms with Gasteiger partial charge in [-0.2, -0.15) is 0 Å². The van der Waals surface area contributed by atoms with Gasteiger partial charge in [0.05, 0.1) is 7.11 Å². The van der Waals surface area contributed by atoms with Gasteiger partial charge in [-0.3, -0.25) is 9.59 Å². The first kappa shape index (κ1) is 19.3.